The number of nitrogens with zero attached hydrogens (tertiary/aromatic N) is 5. The first kappa shape index (κ1) is 20.5. The Kier molecular flexibility index (Phi) is 4.91. The first-order valence-corrected chi connectivity index (χ1v) is 11.2. The predicted molar refractivity (Wildman–Crippen MR) is 121 cm³/mol. The number of rotatable bonds is 5. The number of amides is 2. The summed E-state index contributed by atoms with van der Waals surface area (Å²) in [5, 5.41) is 12.3. The molecular formula is C23H29N7O2. The molecule has 3 N–H and O–H groups in total. The number of primary amides is 1. The summed E-state index contributed by atoms with van der Waals surface area (Å²) in [4.78, 5) is 26.4. The van der Waals surface area contributed by atoms with E-state index in [1.165, 1.54) is 6.20 Å². The highest BCUT2D eigenvalue weighted by molar-refractivity contribution is 6.02. The van der Waals surface area contributed by atoms with Crippen molar-refractivity contribution in [3.8, 4) is 11.1 Å². The highest BCUT2D eigenvalue weighted by Gasteiger charge is 2.47. The molecule has 2 amide bonds. The van der Waals surface area contributed by atoms with Crippen LogP contribution in [0.5, 0.6) is 0 Å². The Hall–Kier alpha value is -3.36. The predicted octanol–water partition coefficient (Wildman–Crippen LogP) is 2.14. The first-order valence-electron chi connectivity index (χ1n) is 11.2. The summed E-state index contributed by atoms with van der Waals surface area (Å²) in [5.41, 5.74) is 9.59. The molecule has 9 nitrogen and oxygen atoms in total. The van der Waals surface area contributed by atoms with Gasteiger partial charge in [-0.2, -0.15) is 10.2 Å². The van der Waals surface area contributed by atoms with Gasteiger partial charge in [0.05, 0.1) is 29.2 Å². The minimum Gasteiger partial charge on any atom is -0.380 e. The van der Waals surface area contributed by atoms with E-state index in [9.17, 15) is 9.59 Å². The largest absolute Gasteiger partial charge is 0.380 e. The van der Waals surface area contributed by atoms with Gasteiger partial charge >= 0.3 is 0 Å². The number of nitrogens with one attached hydrogen (secondary N) is 1. The van der Waals surface area contributed by atoms with Crippen molar-refractivity contribution in [3.63, 3.8) is 0 Å². The van der Waals surface area contributed by atoms with Crippen LogP contribution in [0.25, 0.3) is 16.6 Å². The number of hydrogen-bond acceptors (Lipinski definition) is 5. The molecule has 0 aromatic carbocycles. The summed E-state index contributed by atoms with van der Waals surface area (Å²) >= 11 is 0. The molecule has 0 unspecified atom stereocenters. The summed E-state index contributed by atoms with van der Waals surface area (Å²) < 4.78 is 3.53. The van der Waals surface area contributed by atoms with Crippen LogP contribution in [0.3, 0.4) is 0 Å². The van der Waals surface area contributed by atoms with E-state index in [1.807, 2.05) is 37.3 Å². The third kappa shape index (κ3) is 3.32. The fourth-order valence-corrected chi connectivity index (χ4v) is 5.51. The van der Waals surface area contributed by atoms with Crippen molar-refractivity contribution in [2.24, 2.45) is 30.5 Å². The van der Waals surface area contributed by atoms with E-state index in [2.05, 4.69) is 22.4 Å². The van der Waals surface area contributed by atoms with Gasteiger partial charge in [0, 0.05) is 56.1 Å². The van der Waals surface area contributed by atoms with Crippen LogP contribution in [0, 0.1) is 17.8 Å². The molecule has 1 saturated heterocycles. The molecular weight excluding hydrogens is 406 g/mol. The Bertz CT molecular complexity index is 1200. The Morgan fingerprint density at radius 2 is 2.00 bits per heavy atom. The van der Waals surface area contributed by atoms with Crippen molar-refractivity contribution in [1.82, 2.24) is 24.3 Å². The zero-order valence-electron chi connectivity index (χ0n) is 18.7. The van der Waals surface area contributed by atoms with Crippen LogP contribution >= 0.6 is 0 Å². The SMILES string of the molecule is CCC(=O)N1C[C@H]2C[C@@H](Nc3c(C(N)=O)cnn4cc(-c5cnn(C)c5)cc34)[C@@H](C)[C@@H]2C1. The number of likely N-dealkylation sites (tertiary alicyclic amines) is 1. The molecule has 3 aromatic heterocycles. The Morgan fingerprint density at radius 3 is 2.66 bits per heavy atom. The second-order valence-corrected chi connectivity index (χ2v) is 9.18. The van der Waals surface area contributed by atoms with Gasteiger partial charge in [-0.15, -0.1) is 0 Å². The summed E-state index contributed by atoms with van der Waals surface area (Å²) in [6.07, 6.45) is 8.74. The van der Waals surface area contributed by atoms with Crippen molar-refractivity contribution in [2.75, 3.05) is 18.4 Å². The van der Waals surface area contributed by atoms with Crippen LogP contribution in [-0.2, 0) is 11.8 Å². The number of anilines is 1. The van der Waals surface area contributed by atoms with Crippen molar-refractivity contribution in [3.05, 3.63) is 36.4 Å². The molecule has 1 aliphatic carbocycles. The minimum absolute atomic E-state index is 0.199. The van der Waals surface area contributed by atoms with E-state index in [1.54, 1.807) is 15.4 Å². The smallest absolute Gasteiger partial charge is 0.252 e. The normalized spacial score (nSPS) is 24.8. The van der Waals surface area contributed by atoms with Crippen molar-refractivity contribution >= 4 is 23.0 Å². The summed E-state index contributed by atoms with van der Waals surface area (Å²) in [5.74, 6) is 1.05. The van der Waals surface area contributed by atoms with E-state index < -0.39 is 5.91 Å². The van der Waals surface area contributed by atoms with Gasteiger partial charge in [0.1, 0.15) is 0 Å². The number of aryl methyl sites for hydroxylation is 1. The molecule has 0 radical (unpaired) electrons. The van der Waals surface area contributed by atoms with E-state index in [4.69, 9.17) is 5.73 Å². The standard InChI is InChI=1S/C23H29N7O2/c1-4-21(31)29-10-15-5-19(13(2)18(15)12-29)27-22-17(23(24)32)8-26-30-11-14(6-20(22)30)16-7-25-28(3)9-16/h6-9,11,13,15,18-19,27H,4-5,10,12H2,1-3H3,(H2,24,32)/t13-,15+,18-,19+/m0/s1. The lowest BCUT2D eigenvalue weighted by molar-refractivity contribution is -0.130. The second-order valence-electron chi connectivity index (χ2n) is 9.18. The van der Waals surface area contributed by atoms with Gasteiger partial charge in [0.25, 0.3) is 5.91 Å². The molecule has 9 heteroatoms. The van der Waals surface area contributed by atoms with Crippen molar-refractivity contribution in [2.45, 2.75) is 32.7 Å². The van der Waals surface area contributed by atoms with E-state index in [-0.39, 0.29) is 11.9 Å². The molecule has 4 atom stereocenters. The monoisotopic (exact) mass is 435 g/mol. The van der Waals surface area contributed by atoms with Gasteiger partial charge in [0.2, 0.25) is 5.91 Å². The van der Waals surface area contributed by atoms with Crippen LogP contribution in [0.2, 0.25) is 0 Å². The van der Waals surface area contributed by atoms with Crippen molar-refractivity contribution < 1.29 is 9.59 Å². The summed E-state index contributed by atoms with van der Waals surface area (Å²) in [6, 6.07) is 2.21. The maximum Gasteiger partial charge on any atom is 0.252 e. The average Bonchev–Trinajstić information content (AvgIpc) is 3.52. The van der Waals surface area contributed by atoms with Crippen LogP contribution in [0.15, 0.2) is 30.9 Å². The third-order valence-electron chi connectivity index (χ3n) is 7.28. The van der Waals surface area contributed by atoms with Crippen LogP contribution in [0.1, 0.15) is 37.0 Å². The van der Waals surface area contributed by atoms with Gasteiger partial charge in [-0.05, 0) is 30.2 Å². The minimum atomic E-state index is -0.503. The maximum absolute atomic E-state index is 12.2. The van der Waals surface area contributed by atoms with Crippen LogP contribution in [-0.4, -0.2) is 55.2 Å². The first-order chi connectivity index (χ1) is 15.4. The molecule has 0 bridgehead atoms. The Labute approximate surface area is 186 Å². The number of carbonyl (C=O) groups is 2. The highest BCUT2D eigenvalue weighted by atomic mass is 16.2. The molecule has 2 fully saturated rings. The third-order valence-corrected chi connectivity index (χ3v) is 7.28. The molecule has 3 aromatic rings. The number of carbonyl (C=O) groups excluding carboxylic acids is 2. The van der Waals surface area contributed by atoms with Gasteiger partial charge in [-0.25, -0.2) is 4.52 Å². The fourth-order valence-electron chi connectivity index (χ4n) is 5.51. The number of hydrogen-bond donors (Lipinski definition) is 2. The lowest BCUT2D eigenvalue weighted by Gasteiger charge is -2.25. The van der Waals surface area contributed by atoms with Gasteiger partial charge in [-0.3, -0.25) is 14.3 Å². The van der Waals surface area contributed by atoms with Gasteiger partial charge < -0.3 is 16.0 Å². The lowest BCUT2D eigenvalue weighted by atomic mass is 9.93. The van der Waals surface area contributed by atoms with Crippen LogP contribution in [0.4, 0.5) is 5.69 Å². The fraction of sp³-hybridized carbons (Fsp3) is 0.478. The van der Waals surface area contributed by atoms with Gasteiger partial charge in [-0.1, -0.05) is 13.8 Å². The highest BCUT2D eigenvalue weighted by Crippen LogP contribution is 2.44. The molecule has 4 heterocycles. The average molecular weight is 436 g/mol. The molecule has 1 saturated carbocycles. The molecule has 1 aliphatic heterocycles. The molecule has 32 heavy (non-hydrogen) atoms. The number of fused-ring (bicyclic) bond motifs is 2. The lowest BCUT2D eigenvalue weighted by Crippen LogP contribution is -2.33. The quantitative estimate of drug-likeness (QED) is 0.638. The zero-order valence-corrected chi connectivity index (χ0v) is 18.7. The molecule has 0 spiro atoms. The van der Waals surface area contributed by atoms with Gasteiger partial charge in [0.15, 0.2) is 0 Å². The van der Waals surface area contributed by atoms with E-state index in [0.717, 1.165) is 41.8 Å². The summed E-state index contributed by atoms with van der Waals surface area (Å²) in [7, 11) is 1.88. The Morgan fingerprint density at radius 1 is 1.19 bits per heavy atom. The van der Waals surface area contributed by atoms with Crippen LogP contribution < -0.4 is 11.1 Å². The second kappa shape index (κ2) is 7.65. The topological polar surface area (TPSA) is 111 Å². The molecule has 5 rings (SSSR count). The summed E-state index contributed by atoms with van der Waals surface area (Å²) in [6.45, 7) is 5.80. The molecule has 168 valence electrons. The zero-order chi connectivity index (χ0) is 22.6. The van der Waals surface area contributed by atoms with Crippen molar-refractivity contribution in [1.29, 1.82) is 0 Å². The van der Waals surface area contributed by atoms with E-state index in [0.29, 0.717) is 29.7 Å². The molecule has 2 aliphatic rings. The number of aromatic nitrogens is 4. The maximum atomic E-state index is 12.2. The Balaban J connectivity index is 1.46. The van der Waals surface area contributed by atoms with E-state index >= 15 is 0 Å². The number of nitrogens with two attached hydrogens (primary N) is 1.